The van der Waals surface area contributed by atoms with E-state index in [1.54, 1.807) is 18.4 Å². The van der Waals surface area contributed by atoms with Crippen molar-refractivity contribution in [2.45, 2.75) is 62.6 Å². The Bertz CT molecular complexity index is 1260. The van der Waals surface area contributed by atoms with Gasteiger partial charge in [0, 0.05) is 29.5 Å². The molecule has 4 heterocycles. The Balaban J connectivity index is 0.000000156. The third-order valence-electron chi connectivity index (χ3n) is 7.55. The Labute approximate surface area is 226 Å². The van der Waals surface area contributed by atoms with Crippen LogP contribution in [0.15, 0.2) is 54.0 Å². The summed E-state index contributed by atoms with van der Waals surface area (Å²) in [5, 5.41) is 42.3. The minimum absolute atomic E-state index is 0.131. The van der Waals surface area contributed by atoms with E-state index in [4.69, 9.17) is 19.3 Å². The van der Waals surface area contributed by atoms with Gasteiger partial charge in [-0.25, -0.2) is 0 Å². The normalized spacial score (nSPS) is 30.3. The number of hydrogen-bond donors (Lipinski definition) is 4. The van der Waals surface area contributed by atoms with E-state index in [9.17, 15) is 15.3 Å². The number of hydrogen-bond acceptors (Lipinski definition) is 9. The molecular formula is C29H35NO7S. The van der Waals surface area contributed by atoms with Crippen molar-refractivity contribution in [2.75, 3.05) is 20.3 Å². The summed E-state index contributed by atoms with van der Waals surface area (Å²) in [6.07, 6.45) is 2.52. The van der Waals surface area contributed by atoms with Gasteiger partial charge in [0.15, 0.2) is 0 Å². The number of fused-ring (bicyclic) bond motifs is 2. The van der Waals surface area contributed by atoms with Crippen LogP contribution in [0.2, 0.25) is 0 Å². The zero-order chi connectivity index (χ0) is 26.8. The van der Waals surface area contributed by atoms with Gasteiger partial charge >= 0.3 is 0 Å². The summed E-state index contributed by atoms with van der Waals surface area (Å²) in [6, 6.07) is 14.4. The molecule has 204 valence electrons. The molecule has 3 aliphatic heterocycles. The van der Waals surface area contributed by atoms with Crippen molar-refractivity contribution < 1.29 is 34.6 Å². The van der Waals surface area contributed by atoms with Crippen LogP contribution in [-0.2, 0) is 9.47 Å². The molecule has 3 unspecified atom stereocenters. The quantitative estimate of drug-likeness (QED) is 0.388. The largest absolute Gasteiger partial charge is 0.496 e. The van der Waals surface area contributed by atoms with E-state index in [1.165, 1.54) is 10.4 Å². The van der Waals surface area contributed by atoms with Crippen LogP contribution in [0.5, 0.6) is 5.75 Å². The van der Waals surface area contributed by atoms with Crippen molar-refractivity contribution in [3.63, 3.8) is 0 Å². The molecule has 7 atom stereocenters. The second-order valence-corrected chi connectivity index (χ2v) is 10.8. The van der Waals surface area contributed by atoms with E-state index in [0.29, 0.717) is 12.8 Å². The van der Waals surface area contributed by atoms with Crippen LogP contribution >= 0.6 is 11.3 Å². The summed E-state index contributed by atoms with van der Waals surface area (Å²) >= 11 is 1.74. The Morgan fingerprint density at radius 3 is 2.32 bits per heavy atom. The fourth-order valence-corrected chi connectivity index (χ4v) is 6.36. The van der Waals surface area contributed by atoms with E-state index in [1.807, 2.05) is 42.6 Å². The molecule has 4 N–H and O–H groups in total. The Morgan fingerprint density at radius 2 is 1.66 bits per heavy atom. The summed E-state index contributed by atoms with van der Waals surface area (Å²) in [5.74, 6) is 0.750. The van der Waals surface area contributed by atoms with Gasteiger partial charge in [-0.3, -0.25) is 0 Å². The third-order valence-corrected chi connectivity index (χ3v) is 8.65. The maximum absolute atomic E-state index is 9.87. The molecule has 2 fully saturated rings. The predicted octanol–water partition coefficient (Wildman–Crippen LogP) is 3.60. The molecular weight excluding hydrogens is 506 g/mol. The Hall–Kier alpha value is -2.50. The highest BCUT2D eigenvalue weighted by atomic mass is 32.1. The van der Waals surface area contributed by atoms with E-state index in [2.05, 4.69) is 29.3 Å². The van der Waals surface area contributed by atoms with Crippen molar-refractivity contribution in [3.05, 3.63) is 70.0 Å². The fraction of sp³-hybridized carbons (Fsp3) is 0.448. The maximum atomic E-state index is 9.87. The lowest BCUT2D eigenvalue weighted by Gasteiger charge is -2.35. The van der Waals surface area contributed by atoms with Gasteiger partial charge in [0.05, 0.1) is 44.7 Å². The monoisotopic (exact) mass is 541 g/mol. The molecule has 0 saturated carbocycles. The molecule has 9 heteroatoms. The molecule has 0 amide bonds. The smallest absolute Gasteiger partial charge is 0.133 e. The van der Waals surface area contributed by atoms with Crippen LogP contribution in [0.1, 0.15) is 47.9 Å². The van der Waals surface area contributed by atoms with Gasteiger partial charge in [0.2, 0.25) is 0 Å². The average Bonchev–Trinajstić information content (AvgIpc) is 3.66. The van der Waals surface area contributed by atoms with Gasteiger partial charge in [-0.1, -0.05) is 24.3 Å². The van der Waals surface area contributed by atoms with Crippen molar-refractivity contribution in [1.82, 2.24) is 4.90 Å². The summed E-state index contributed by atoms with van der Waals surface area (Å²) < 4.78 is 16.9. The number of benzene rings is 2. The first-order chi connectivity index (χ1) is 18.4. The first-order valence-electron chi connectivity index (χ1n) is 12.9. The van der Waals surface area contributed by atoms with Crippen molar-refractivity contribution >= 4 is 28.2 Å². The molecule has 0 aliphatic carbocycles. The number of thiophene rings is 1. The van der Waals surface area contributed by atoms with Gasteiger partial charge in [-0.15, -0.1) is 11.3 Å². The summed E-state index contributed by atoms with van der Waals surface area (Å²) in [7, 11) is 1.63. The molecule has 8 nitrogen and oxygen atoms in total. The van der Waals surface area contributed by atoms with E-state index in [0.717, 1.165) is 22.1 Å². The fourth-order valence-electron chi connectivity index (χ4n) is 5.41. The van der Waals surface area contributed by atoms with Crippen LogP contribution < -0.4 is 4.74 Å². The molecule has 2 saturated heterocycles. The van der Waals surface area contributed by atoms with Crippen LogP contribution in [0.4, 0.5) is 0 Å². The molecule has 0 bridgehead atoms. The first-order valence-corrected chi connectivity index (χ1v) is 13.8. The SMILES string of the molecule is CC1c2sccc2C=CN1[C@H]1CC(O)[C@@H](CO)O1.COc1cc2ccccc2cc1[C@H]1CC(O)[C@@H](CO)O1. The second kappa shape index (κ2) is 11.7. The molecule has 38 heavy (non-hydrogen) atoms. The van der Waals surface area contributed by atoms with Gasteiger partial charge in [-0.2, -0.15) is 0 Å². The number of aliphatic hydroxyl groups is 4. The van der Waals surface area contributed by atoms with E-state index < -0.39 is 24.4 Å². The van der Waals surface area contributed by atoms with Crippen molar-refractivity contribution in [2.24, 2.45) is 0 Å². The van der Waals surface area contributed by atoms with Gasteiger partial charge in [0.25, 0.3) is 0 Å². The van der Waals surface area contributed by atoms with Crippen molar-refractivity contribution in [3.8, 4) is 5.75 Å². The molecule has 6 rings (SSSR count). The Kier molecular flexibility index (Phi) is 8.35. The standard InChI is InChI=1S/C16H18O4.C13H17NO3S/c1-19-14-7-11-5-3-2-4-10(11)6-12(14)15-8-13(18)16(9-17)20-15;1-8-13-9(3-5-18-13)2-4-14(8)12-6-10(16)11(7-15)17-12/h2-7,13,15-18H,8-9H2,1H3;2-5,8,10-12,15-16H,6-7H2,1H3/t13?,15-,16-;8?,10?,11-,12-/m11/s1. The Morgan fingerprint density at radius 1 is 0.974 bits per heavy atom. The first kappa shape index (κ1) is 27.1. The lowest BCUT2D eigenvalue weighted by Crippen LogP contribution is -2.34. The number of nitrogens with zero attached hydrogens (tertiary/aromatic N) is 1. The third kappa shape index (κ3) is 5.33. The molecule has 1 aromatic heterocycles. The molecule has 2 aromatic carbocycles. The summed E-state index contributed by atoms with van der Waals surface area (Å²) in [5.41, 5.74) is 2.18. The number of rotatable bonds is 5. The highest BCUT2D eigenvalue weighted by Crippen LogP contribution is 2.40. The number of aliphatic hydroxyl groups excluding tert-OH is 4. The molecule has 3 aliphatic rings. The van der Waals surface area contributed by atoms with Crippen LogP contribution in [-0.4, -0.2) is 76.3 Å². The number of methoxy groups -OCH3 is 1. The second-order valence-electron chi connectivity index (χ2n) is 9.88. The minimum Gasteiger partial charge on any atom is -0.496 e. The minimum atomic E-state index is -0.638. The maximum Gasteiger partial charge on any atom is 0.133 e. The van der Waals surface area contributed by atoms with Crippen LogP contribution in [0, 0.1) is 0 Å². The number of ether oxygens (including phenoxy) is 3. The lowest BCUT2D eigenvalue weighted by atomic mass is 9.99. The van der Waals surface area contributed by atoms with E-state index in [-0.39, 0.29) is 31.6 Å². The molecule has 3 aromatic rings. The summed E-state index contributed by atoms with van der Waals surface area (Å²) in [6.45, 7) is 1.84. The van der Waals surface area contributed by atoms with Gasteiger partial charge < -0.3 is 39.5 Å². The van der Waals surface area contributed by atoms with Crippen molar-refractivity contribution in [1.29, 1.82) is 0 Å². The predicted molar refractivity (Wildman–Crippen MR) is 146 cm³/mol. The van der Waals surface area contributed by atoms with Gasteiger partial charge in [0.1, 0.15) is 24.2 Å². The summed E-state index contributed by atoms with van der Waals surface area (Å²) in [4.78, 5) is 3.44. The topological polar surface area (TPSA) is 112 Å². The zero-order valence-electron chi connectivity index (χ0n) is 21.5. The molecule has 0 spiro atoms. The van der Waals surface area contributed by atoms with Gasteiger partial charge in [-0.05, 0) is 52.9 Å². The highest BCUT2D eigenvalue weighted by molar-refractivity contribution is 7.10. The highest BCUT2D eigenvalue weighted by Gasteiger charge is 2.39. The lowest BCUT2D eigenvalue weighted by molar-refractivity contribution is -0.0733. The average molecular weight is 542 g/mol. The van der Waals surface area contributed by atoms with Crippen LogP contribution in [0.25, 0.3) is 16.8 Å². The molecule has 0 radical (unpaired) electrons. The van der Waals surface area contributed by atoms with Crippen LogP contribution in [0.3, 0.4) is 0 Å². The zero-order valence-corrected chi connectivity index (χ0v) is 22.3. The van der Waals surface area contributed by atoms with E-state index >= 15 is 0 Å².